The maximum atomic E-state index is 13.1. The summed E-state index contributed by atoms with van der Waals surface area (Å²) in [5, 5.41) is 0.751. The first kappa shape index (κ1) is 10.7. The van der Waals surface area contributed by atoms with Crippen LogP contribution >= 0.6 is 24.0 Å². The second-order valence-electron chi connectivity index (χ2n) is 2.88. The Morgan fingerprint density at radius 1 is 1.62 bits per heavy atom. The largest absolute Gasteiger partial charge is 0.322 e. The van der Waals surface area contributed by atoms with Crippen LogP contribution in [0.4, 0.5) is 4.39 Å². The Morgan fingerprint density at radius 2 is 2.23 bits per heavy atom. The van der Waals surface area contributed by atoms with Crippen LogP contribution in [0, 0.1) is 10.5 Å². The van der Waals surface area contributed by atoms with Crippen molar-refractivity contribution in [1.82, 2.24) is 9.55 Å². The lowest BCUT2D eigenvalue weighted by atomic mass is 10.4. The van der Waals surface area contributed by atoms with Crippen molar-refractivity contribution in [2.24, 2.45) is 0 Å². The molecule has 0 N–H and O–H groups in total. The minimum Gasteiger partial charge on any atom is -0.322 e. The Bertz CT molecular complexity index is 360. The van der Waals surface area contributed by atoms with Gasteiger partial charge in [-0.05, 0) is 20.1 Å². The summed E-state index contributed by atoms with van der Waals surface area (Å²) in [5.74, 6) is -0.429. The van der Waals surface area contributed by atoms with Gasteiger partial charge in [-0.15, -0.1) is 0 Å². The third-order valence-corrected chi connectivity index (χ3v) is 2.57. The van der Waals surface area contributed by atoms with E-state index in [-0.39, 0.29) is 10.7 Å². The zero-order chi connectivity index (χ0) is 10.0. The summed E-state index contributed by atoms with van der Waals surface area (Å²) in [5.41, 5.74) is 0. The van der Waals surface area contributed by atoms with Crippen molar-refractivity contribution in [3.63, 3.8) is 0 Å². The Morgan fingerprint density at radius 3 is 2.69 bits per heavy atom. The lowest BCUT2D eigenvalue weighted by molar-refractivity contribution is 0.489. The molecule has 0 aliphatic carbocycles. The van der Waals surface area contributed by atoms with Gasteiger partial charge in [0.25, 0.3) is 0 Å². The number of nitrogens with zero attached hydrogens (tertiary/aromatic N) is 2. The van der Waals surface area contributed by atoms with Gasteiger partial charge in [0.1, 0.15) is 0 Å². The Hall–Kier alpha value is -0.420. The molecule has 0 bridgehead atoms. The molecule has 0 unspecified atom stereocenters. The molecular weight excluding hydrogens is 207 g/mol. The molecule has 0 atom stereocenters. The van der Waals surface area contributed by atoms with Gasteiger partial charge in [-0.2, -0.15) is 0 Å². The summed E-state index contributed by atoms with van der Waals surface area (Å²) in [6, 6.07) is 0.194. The maximum Gasteiger partial charge on any atom is 0.176 e. The second-order valence-corrected chi connectivity index (χ2v) is 4.04. The predicted molar refractivity (Wildman–Crippen MR) is 55.2 cm³/mol. The Balaban J connectivity index is 3.33. The summed E-state index contributed by atoms with van der Waals surface area (Å²) in [4.78, 5) is 3.98. The zero-order valence-electron chi connectivity index (χ0n) is 7.74. The molecule has 72 valence electrons. The van der Waals surface area contributed by atoms with Crippen molar-refractivity contribution < 1.29 is 4.39 Å². The van der Waals surface area contributed by atoms with Crippen LogP contribution in [0.3, 0.4) is 0 Å². The maximum absolute atomic E-state index is 13.1. The zero-order valence-corrected chi connectivity index (χ0v) is 9.38. The molecule has 1 rings (SSSR count). The molecule has 0 amide bonds. The second kappa shape index (κ2) is 4.19. The van der Waals surface area contributed by atoms with Crippen molar-refractivity contribution in [3.8, 4) is 0 Å². The molecule has 5 heteroatoms. The van der Waals surface area contributed by atoms with E-state index >= 15 is 0 Å². The number of hydrogen-bond acceptors (Lipinski definition) is 3. The first-order valence-corrected chi connectivity index (χ1v) is 5.52. The van der Waals surface area contributed by atoms with Crippen LogP contribution in [0.2, 0.25) is 0 Å². The van der Waals surface area contributed by atoms with Crippen molar-refractivity contribution >= 4 is 24.0 Å². The Kier molecular flexibility index (Phi) is 3.44. The molecule has 13 heavy (non-hydrogen) atoms. The Labute approximate surface area is 86.2 Å². The summed E-state index contributed by atoms with van der Waals surface area (Å²) >= 11 is 6.21. The summed E-state index contributed by atoms with van der Waals surface area (Å²) in [7, 11) is 0. The highest BCUT2D eigenvalue weighted by molar-refractivity contribution is 7.98. The SMILES string of the molecule is CSc1nc(=S)c(F)cn1C(C)C. The normalized spacial score (nSPS) is 10.8. The van der Waals surface area contributed by atoms with E-state index < -0.39 is 5.82 Å². The molecule has 0 spiro atoms. The molecule has 2 nitrogen and oxygen atoms in total. The van der Waals surface area contributed by atoms with Crippen LogP contribution in [0.15, 0.2) is 11.4 Å². The molecule has 1 aromatic rings. The van der Waals surface area contributed by atoms with Gasteiger partial charge in [-0.25, -0.2) is 9.37 Å². The third kappa shape index (κ3) is 2.28. The van der Waals surface area contributed by atoms with Crippen molar-refractivity contribution in [3.05, 3.63) is 16.7 Å². The number of aromatic nitrogens is 2. The number of rotatable bonds is 2. The van der Waals surface area contributed by atoms with Crippen molar-refractivity contribution in [2.75, 3.05) is 6.26 Å². The van der Waals surface area contributed by atoms with Gasteiger partial charge < -0.3 is 4.57 Å². The average Bonchev–Trinajstić information content (AvgIpc) is 2.08. The lowest BCUT2D eigenvalue weighted by Gasteiger charge is -2.14. The average molecular weight is 218 g/mol. The van der Waals surface area contributed by atoms with Gasteiger partial charge in [0, 0.05) is 12.2 Å². The van der Waals surface area contributed by atoms with Gasteiger partial charge in [-0.3, -0.25) is 0 Å². The first-order chi connectivity index (χ1) is 6.06. The fraction of sp³-hybridized carbons (Fsp3) is 0.500. The van der Waals surface area contributed by atoms with Crippen LogP contribution in [0.1, 0.15) is 19.9 Å². The van der Waals surface area contributed by atoms with Crippen LogP contribution < -0.4 is 0 Å². The molecule has 0 aliphatic rings. The number of thioether (sulfide) groups is 1. The van der Waals surface area contributed by atoms with Crippen LogP contribution in [0.25, 0.3) is 0 Å². The standard InChI is InChI=1S/C8H11FN2S2/c1-5(2)11-4-6(9)7(12)10-8(11)13-3/h4-5H,1-3H3. The molecule has 0 aromatic carbocycles. The van der Waals surface area contributed by atoms with Crippen molar-refractivity contribution in [2.45, 2.75) is 25.0 Å². The van der Waals surface area contributed by atoms with E-state index in [2.05, 4.69) is 4.98 Å². The monoisotopic (exact) mass is 218 g/mol. The van der Waals surface area contributed by atoms with E-state index in [1.54, 1.807) is 4.57 Å². The topological polar surface area (TPSA) is 17.8 Å². The van der Waals surface area contributed by atoms with E-state index in [1.165, 1.54) is 18.0 Å². The predicted octanol–water partition coefficient (Wildman–Crippen LogP) is 3.05. The van der Waals surface area contributed by atoms with Gasteiger partial charge in [0.15, 0.2) is 15.6 Å². The van der Waals surface area contributed by atoms with Crippen LogP contribution in [0.5, 0.6) is 0 Å². The number of halogens is 1. The fourth-order valence-corrected chi connectivity index (χ4v) is 1.81. The van der Waals surface area contributed by atoms with Gasteiger partial charge in [0.2, 0.25) is 0 Å². The van der Waals surface area contributed by atoms with E-state index in [0.717, 1.165) is 5.16 Å². The molecule has 0 aliphatic heterocycles. The highest BCUT2D eigenvalue weighted by Crippen LogP contribution is 2.17. The van der Waals surface area contributed by atoms with Crippen LogP contribution in [-0.4, -0.2) is 15.8 Å². The van der Waals surface area contributed by atoms with E-state index in [0.29, 0.717) is 0 Å². The summed E-state index contributed by atoms with van der Waals surface area (Å²) in [6.45, 7) is 3.95. The summed E-state index contributed by atoms with van der Waals surface area (Å²) in [6.07, 6.45) is 3.31. The van der Waals surface area contributed by atoms with Gasteiger partial charge >= 0.3 is 0 Å². The number of hydrogen-bond donors (Lipinski definition) is 0. The van der Waals surface area contributed by atoms with E-state index in [9.17, 15) is 4.39 Å². The highest BCUT2D eigenvalue weighted by Gasteiger charge is 2.07. The highest BCUT2D eigenvalue weighted by atomic mass is 32.2. The molecule has 0 saturated heterocycles. The van der Waals surface area contributed by atoms with E-state index in [1.807, 2.05) is 20.1 Å². The quantitative estimate of drug-likeness (QED) is 0.431. The van der Waals surface area contributed by atoms with Gasteiger partial charge in [-0.1, -0.05) is 24.0 Å². The summed E-state index contributed by atoms with van der Waals surface area (Å²) < 4.78 is 14.9. The van der Waals surface area contributed by atoms with Crippen molar-refractivity contribution in [1.29, 1.82) is 0 Å². The molecule has 0 saturated carbocycles. The first-order valence-electron chi connectivity index (χ1n) is 3.89. The molecule has 1 aromatic heterocycles. The lowest BCUT2D eigenvalue weighted by Crippen LogP contribution is -2.08. The van der Waals surface area contributed by atoms with E-state index in [4.69, 9.17) is 12.2 Å². The van der Waals surface area contributed by atoms with Gasteiger partial charge in [0.05, 0.1) is 0 Å². The smallest absolute Gasteiger partial charge is 0.176 e. The molecular formula is C8H11FN2S2. The minimum atomic E-state index is -0.429. The molecule has 0 radical (unpaired) electrons. The van der Waals surface area contributed by atoms with Crippen LogP contribution in [-0.2, 0) is 0 Å². The third-order valence-electron chi connectivity index (χ3n) is 1.61. The fourth-order valence-electron chi connectivity index (χ4n) is 0.952. The molecule has 0 fully saturated rings. The minimum absolute atomic E-state index is 0.0428. The molecule has 1 heterocycles.